The van der Waals surface area contributed by atoms with Crippen LogP contribution in [0.4, 0.5) is 4.79 Å². The van der Waals surface area contributed by atoms with Gasteiger partial charge in [-0.05, 0) is 36.8 Å². The predicted molar refractivity (Wildman–Crippen MR) is 73.9 cm³/mol. The number of hydrogen-bond donors (Lipinski definition) is 2. The maximum Gasteiger partial charge on any atom is 0.315 e. The highest BCUT2D eigenvalue weighted by Crippen LogP contribution is 2.17. The molecule has 2 aromatic rings. The number of hydrogen-bond acceptors (Lipinski definition) is 2. The minimum absolute atomic E-state index is 0.115. The SMILES string of the molecule is C[C@@H](NC(=O)NCc1ccco1)c1cccc(Cl)c1. The number of carbonyl (C=O) groups is 1. The molecule has 0 bridgehead atoms. The van der Waals surface area contributed by atoms with E-state index in [4.69, 9.17) is 16.0 Å². The zero-order chi connectivity index (χ0) is 13.7. The monoisotopic (exact) mass is 278 g/mol. The van der Waals surface area contributed by atoms with Crippen molar-refractivity contribution in [3.05, 3.63) is 59.0 Å². The summed E-state index contributed by atoms with van der Waals surface area (Å²) in [6.07, 6.45) is 1.57. The Hall–Kier alpha value is -1.94. The molecule has 1 heterocycles. The predicted octanol–water partition coefficient (Wildman–Crippen LogP) is 3.49. The molecule has 1 aromatic carbocycles. The van der Waals surface area contributed by atoms with E-state index in [-0.39, 0.29) is 12.1 Å². The van der Waals surface area contributed by atoms with Gasteiger partial charge in [0.05, 0.1) is 18.8 Å². The Morgan fingerprint density at radius 1 is 1.37 bits per heavy atom. The average Bonchev–Trinajstić information content (AvgIpc) is 2.89. The number of rotatable bonds is 4. The Bertz CT molecular complexity index is 540. The summed E-state index contributed by atoms with van der Waals surface area (Å²) in [7, 11) is 0. The van der Waals surface area contributed by atoms with Crippen LogP contribution in [0.15, 0.2) is 47.1 Å². The first kappa shape index (κ1) is 13.5. The minimum atomic E-state index is -0.246. The summed E-state index contributed by atoms with van der Waals surface area (Å²) in [4.78, 5) is 11.7. The summed E-state index contributed by atoms with van der Waals surface area (Å²) in [5, 5.41) is 6.21. The zero-order valence-corrected chi connectivity index (χ0v) is 11.3. The average molecular weight is 279 g/mol. The van der Waals surface area contributed by atoms with Crippen molar-refractivity contribution in [1.82, 2.24) is 10.6 Å². The second-order valence-electron chi connectivity index (χ2n) is 4.18. The zero-order valence-electron chi connectivity index (χ0n) is 10.5. The van der Waals surface area contributed by atoms with E-state index in [1.165, 1.54) is 0 Å². The number of halogens is 1. The van der Waals surface area contributed by atoms with Gasteiger partial charge in [-0.2, -0.15) is 0 Å². The van der Waals surface area contributed by atoms with Crippen LogP contribution < -0.4 is 10.6 Å². The second kappa shape index (κ2) is 6.29. The molecule has 0 saturated heterocycles. The van der Waals surface area contributed by atoms with Crippen molar-refractivity contribution in [3.8, 4) is 0 Å². The van der Waals surface area contributed by atoms with Gasteiger partial charge in [-0.25, -0.2) is 4.79 Å². The molecule has 0 fully saturated rings. The van der Waals surface area contributed by atoms with Crippen molar-refractivity contribution in [3.63, 3.8) is 0 Å². The van der Waals surface area contributed by atoms with E-state index >= 15 is 0 Å². The third-order valence-electron chi connectivity index (χ3n) is 2.70. The third-order valence-corrected chi connectivity index (χ3v) is 2.93. The minimum Gasteiger partial charge on any atom is -0.467 e. The maximum atomic E-state index is 11.7. The normalized spacial score (nSPS) is 11.9. The summed E-state index contributed by atoms with van der Waals surface area (Å²) in [5.74, 6) is 0.713. The highest BCUT2D eigenvalue weighted by molar-refractivity contribution is 6.30. The molecule has 0 aliphatic rings. The number of urea groups is 1. The molecule has 1 atom stereocenters. The number of nitrogens with one attached hydrogen (secondary N) is 2. The highest BCUT2D eigenvalue weighted by Gasteiger charge is 2.09. The first-order valence-electron chi connectivity index (χ1n) is 5.97. The Morgan fingerprint density at radius 2 is 2.21 bits per heavy atom. The molecule has 100 valence electrons. The van der Waals surface area contributed by atoms with Gasteiger partial charge in [-0.1, -0.05) is 23.7 Å². The lowest BCUT2D eigenvalue weighted by Gasteiger charge is -2.15. The van der Waals surface area contributed by atoms with Gasteiger partial charge in [-0.15, -0.1) is 0 Å². The fraction of sp³-hybridized carbons (Fsp3) is 0.214. The van der Waals surface area contributed by atoms with Gasteiger partial charge in [0.15, 0.2) is 0 Å². The molecule has 19 heavy (non-hydrogen) atoms. The van der Waals surface area contributed by atoms with Gasteiger partial charge in [-0.3, -0.25) is 0 Å². The van der Waals surface area contributed by atoms with E-state index in [0.29, 0.717) is 17.3 Å². The number of carbonyl (C=O) groups excluding carboxylic acids is 1. The van der Waals surface area contributed by atoms with Crippen LogP contribution in [0.3, 0.4) is 0 Å². The molecule has 0 unspecified atom stereocenters. The van der Waals surface area contributed by atoms with Crippen molar-refractivity contribution in [2.45, 2.75) is 19.5 Å². The van der Waals surface area contributed by atoms with Gasteiger partial charge in [0.25, 0.3) is 0 Å². The molecule has 0 radical (unpaired) electrons. The number of furan rings is 1. The summed E-state index contributed by atoms with van der Waals surface area (Å²) in [5.41, 5.74) is 0.959. The van der Waals surface area contributed by atoms with E-state index in [0.717, 1.165) is 5.56 Å². The summed E-state index contributed by atoms with van der Waals surface area (Å²) >= 11 is 5.91. The van der Waals surface area contributed by atoms with Crippen molar-refractivity contribution in [1.29, 1.82) is 0 Å². The molecule has 2 amide bonds. The Morgan fingerprint density at radius 3 is 2.89 bits per heavy atom. The lowest BCUT2D eigenvalue weighted by atomic mass is 10.1. The molecule has 5 heteroatoms. The first-order valence-corrected chi connectivity index (χ1v) is 6.35. The Balaban J connectivity index is 1.84. The fourth-order valence-corrected chi connectivity index (χ4v) is 1.89. The van der Waals surface area contributed by atoms with Gasteiger partial charge in [0.2, 0.25) is 0 Å². The van der Waals surface area contributed by atoms with Crippen LogP contribution in [-0.2, 0) is 6.54 Å². The summed E-state index contributed by atoms with van der Waals surface area (Å²) in [6, 6.07) is 10.6. The topological polar surface area (TPSA) is 54.3 Å². The molecular formula is C14H15ClN2O2. The van der Waals surface area contributed by atoms with Crippen LogP contribution in [0.1, 0.15) is 24.3 Å². The smallest absolute Gasteiger partial charge is 0.315 e. The van der Waals surface area contributed by atoms with Crippen LogP contribution in [0.5, 0.6) is 0 Å². The molecule has 0 saturated carbocycles. The maximum absolute atomic E-state index is 11.7. The molecule has 0 aliphatic heterocycles. The lowest BCUT2D eigenvalue weighted by Crippen LogP contribution is -2.36. The van der Waals surface area contributed by atoms with Gasteiger partial charge >= 0.3 is 6.03 Å². The number of amides is 2. The van der Waals surface area contributed by atoms with Crippen LogP contribution in [0, 0.1) is 0 Å². The molecule has 2 rings (SSSR count). The van der Waals surface area contributed by atoms with E-state index in [1.54, 1.807) is 24.5 Å². The third kappa shape index (κ3) is 4.03. The van der Waals surface area contributed by atoms with E-state index in [2.05, 4.69) is 10.6 Å². The largest absolute Gasteiger partial charge is 0.467 e. The molecule has 4 nitrogen and oxygen atoms in total. The van der Waals surface area contributed by atoms with E-state index in [1.807, 2.05) is 25.1 Å². The van der Waals surface area contributed by atoms with Crippen molar-refractivity contribution in [2.75, 3.05) is 0 Å². The molecule has 0 aliphatic carbocycles. The Kier molecular flexibility index (Phi) is 4.47. The van der Waals surface area contributed by atoms with Crippen LogP contribution >= 0.6 is 11.6 Å². The first-order chi connectivity index (χ1) is 9.15. The van der Waals surface area contributed by atoms with Crippen LogP contribution in [0.2, 0.25) is 5.02 Å². The van der Waals surface area contributed by atoms with E-state index in [9.17, 15) is 4.79 Å². The lowest BCUT2D eigenvalue weighted by molar-refractivity contribution is 0.236. The standard InChI is InChI=1S/C14H15ClN2O2/c1-10(11-4-2-5-12(15)8-11)17-14(18)16-9-13-6-3-7-19-13/h2-8,10H,9H2,1H3,(H2,16,17,18)/t10-/m1/s1. The van der Waals surface area contributed by atoms with Gasteiger partial charge < -0.3 is 15.1 Å². The Labute approximate surface area is 116 Å². The van der Waals surface area contributed by atoms with Crippen LogP contribution in [0.25, 0.3) is 0 Å². The van der Waals surface area contributed by atoms with Crippen LogP contribution in [-0.4, -0.2) is 6.03 Å². The van der Waals surface area contributed by atoms with E-state index < -0.39 is 0 Å². The molecule has 2 N–H and O–H groups in total. The van der Waals surface area contributed by atoms with Crippen molar-refractivity contribution < 1.29 is 9.21 Å². The molecular weight excluding hydrogens is 264 g/mol. The van der Waals surface area contributed by atoms with Crippen molar-refractivity contribution in [2.24, 2.45) is 0 Å². The summed E-state index contributed by atoms with van der Waals surface area (Å²) < 4.78 is 5.13. The van der Waals surface area contributed by atoms with Gasteiger partial charge in [0, 0.05) is 5.02 Å². The molecule has 1 aromatic heterocycles. The summed E-state index contributed by atoms with van der Waals surface area (Å²) in [6.45, 7) is 2.26. The quantitative estimate of drug-likeness (QED) is 0.899. The van der Waals surface area contributed by atoms with Gasteiger partial charge in [0.1, 0.15) is 5.76 Å². The molecule has 0 spiro atoms. The second-order valence-corrected chi connectivity index (χ2v) is 4.62. The highest BCUT2D eigenvalue weighted by atomic mass is 35.5. The van der Waals surface area contributed by atoms with Crippen molar-refractivity contribution >= 4 is 17.6 Å². The fourth-order valence-electron chi connectivity index (χ4n) is 1.69. The number of benzene rings is 1.